The van der Waals surface area contributed by atoms with Crippen molar-refractivity contribution in [2.75, 3.05) is 43.4 Å². The maximum atomic E-state index is 12.8. The van der Waals surface area contributed by atoms with Crippen LogP contribution in [0, 0.1) is 12.8 Å². The maximum Gasteiger partial charge on any atom is 0.328 e. The fourth-order valence-electron chi connectivity index (χ4n) is 3.88. The van der Waals surface area contributed by atoms with Gasteiger partial charge in [-0.3, -0.25) is 4.79 Å². The van der Waals surface area contributed by atoms with E-state index in [2.05, 4.69) is 15.3 Å². The Balaban J connectivity index is 1.69. The Labute approximate surface area is 198 Å². The molecule has 3 rings (SSSR count). The van der Waals surface area contributed by atoms with E-state index in [9.17, 15) is 18.0 Å². The zero-order valence-electron chi connectivity index (χ0n) is 19.3. The van der Waals surface area contributed by atoms with Crippen molar-refractivity contribution in [3.05, 3.63) is 23.9 Å². The van der Waals surface area contributed by atoms with Gasteiger partial charge in [0.05, 0.1) is 23.2 Å². The highest BCUT2D eigenvalue weighted by Gasteiger charge is 2.30. The van der Waals surface area contributed by atoms with Crippen LogP contribution in [-0.4, -0.2) is 74.8 Å². The van der Waals surface area contributed by atoms with E-state index in [1.807, 2.05) is 18.1 Å². The molecular formula is C22H30N4O5S2. The molecule has 1 aliphatic rings. The van der Waals surface area contributed by atoms with Crippen LogP contribution in [0.4, 0.5) is 5.95 Å². The molecule has 9 nitrogen and oxygen atoms in total. The number of anilines is 1. The second-order valence-corrected chi connectivity index (χ2v) is 11.2. The molecule has 1 atom stereocenters. The number of methoxy groups -OCH3 is 1. The minimum Gasteiger partial charge on any atom is -0.467 e. The number of rotatable bonds is 8. The number of carbonyl (C=O) groups is 2. The summed E-state index contributed by atoms with van der Waals surface area (Å²) in [5.41, 5.74) is 1.35. The zero-order chi connectivity index (χ0) is 24.2. The highest BCUT2D eigenvalue weighted by atomic mass is 32.2. The van der Waals surface area contributed by atoms with Crippen molar-refractivity contribution in [2.24, 2.45) is 5.92 Å². The summed E-state index contributed by atoms with van der Waals surface area (Å²) in [6.45, 7) is 3.04. The number of nitrogens with one attached hydrogen (secondary N) is 1. The number of hydrogen-bond donors (Lipinski definition) is 1. The van der Waals surface area contributed by atoms with Gasteiger partial charge in [0.2, 0.25) is 11.9 Å². The van der Waals surface area contributed by atoms with Crippen LogP contribution in [0.3, 0.4) is 0 Å². The lowest BCUT2D eigenvalue weighted by Crippen LogP contribution is -2.47. The quantitative estimate of drug-likeness (QED) is 0.549. The average Bonchev–Trinajstić information content (AvgIpc) is 2.80. The molecule has 33 heavy (non-hydrogen) atoms. The van der Waals surface area contributed by atoms with E-state index in [0.717, 1.165) is 16.8 Å². The molecule has 180 valence electrons. The van der Waals surface area contributed by atoms with Crippen molar-refractivity contribution in [3.8, 4) is 0 Å². The Morgan fingerprint density at radius 2 is 1.97 bits per heavy atom. The van der Waals surface area contributed by atoms with Crippen LogP contribution >= 0.6 is 11.8 Å². The number of amides is 1. The Morgan fingerprint density at radius 1 is 1.27 bits per heavy atom. The third kappa shape index (κ3) is 6.14. The summed E-state index contributed by atoms with van der Waals surface area (Å²) in [6, 6.07) is 4.24. The first-order valence-electron chi connectivity index (χ1n) is 10.7. The molecule has 2 aromatic rings. The van der Waals surface area contributed by atoms with Crippen LogP contribution in [0.2, 0.25) is 0 Å². The Hall–Kier alpha value is -2.40. The second-order valence-electron chi connectivity index (χ2n) is 8.19. The molecule has 0 radical (unpaired) electrons. The number of esters is 1. The van der Waals surface area contributed by atoms with Gasteiger partial charge in [0.1, 0.15) is 6.04 Å². The molecule has 1 N–H and O–H groups in total. The number of fused-ring (bicyclic) bond motifs is 1. The van der Waals surface area contributed by atoms with E-state index in [4.69, 9.17) is 4.74 Å². The molecule has 0 aliphatic carbocycles. The number of aryl methyl sites for hydroxylation is 1. The number of aromatic nitrogens is 2. The largest absolute Gasteiger partial charge is 0.467 e. The minimum absolute atomic E-state index is 0.139. The molecule has 0 bridgehead atoms. The number of thioether (sulfide) groups is 1. The van der Waals surface area contributed by atoms with Gasteiger partial charge in [-0.05, 0) is 56.4 Å². The van der Waals surface area contributed by atoms with Crippen molar-refractivity contribution in [1.82, 2.24) is 15.3 Å². The summed E-state index contributed by atoms with van der Waals surface area (Å²) in [7, 11) is -2.02. The SMILES string of the molecule is COC(=O)C(CCSC)NC(=O)C1CCN(c2nc(C)c3ccc(S(C)(=O)=O)cc3n2)CC1. The number of nitrogens with zero attached hydrogens (tertiary/aromatic N) is 3. The molecule has 11 heteroatoms. The third-order valence-corrected chi connectivity index (χ3v) is 7.59. The van der Waals surface area contributed by atoms with E-state index >= 15 is 0 Å². The van der Waals surface area contributed by atoms with Crippen LogP contribution in [0.1, 0.15) is 25.0 Å². The van der Waals surface area contributed by atoms with Crippen molar-refractivity contribution < 1.29 is 22.7 Å². The molecule has 1 unspecified atom stereocenters. The van der Waals surface area contributed by atoms with Crippen LogP contribution in [0.25, 0.3) is 10.9 Å². The number of hydrogen-bond acceptors (Lipinski definition) is 9. The van der Waals surface area contributed by atoms with Gasteiger partial charge in [-0.25, -0.2) is 23.2 Å². The maximum absolute atomic E-state index is 12.8. The molecule has 1 aromatic carbocycles. The molecule has 1 fully saturated rings. The molecule has 0 saturated carbocycles. The fourth-order valence-corrected chi connectivity index (χ4v) is 5.00. The smallest absolute Gasteiger partial charge is 0.328 e. The summed E-state index contributed by atoms with van der Waals surface area (Å²) in [5, 5.41) is 3.65. The first-order valence-corrected chi connectivity index (χ1v) is 14.0. The van der Waals surface area contributed by atoms with Gasteiger partial charge >= 0.3 is 5.97 Å². The van der Waals surface area contributed by atoms with Gasteiger partial charge < -0.3 is 15.0 Å². The van der Waals surface area contributed by atoms with E-state index < -0.39 is 21.8 Å². The lowest BCUT2D eigenvalue weighted by atomic mass is 9.95. The number of benzene rings is 1. The second kappa shape index (κ2) is 10.7. The third-order valence-electron chi connectivity index (χ3n) is 5.84. The van der Waals surface area contributed by atoms with E-state index in [0.29, 0.717) is 43.8 Å². The zero-order valence-corrected chi connectivity index (χ0v) is 21.0. The number of piperidine rings is 1. The normalized spacial score (nSPS) is 15.9. The Kier molecular flexibility index (Phi) is 8.17. The van der Waals surface area contributed by atoms with E-state index in [-0.39, 0.29) is 16.7 Å². The minimum atomic E-state index is -3.34. The molecule has 1 aromatic heterocycles. The summed E-state index contributed by atoms with van der Waals surface area (Å²) < 4.78 is 28.7. The first kappa shape index (κ1) is 25.2. The van der Waals surface area contributed by atoms with Gasteiger partial charge in [0, 0.05) is 30.6 Å². The van der Waals surface area contributed by atoms with Crippen LogP contribution in [0.5, 0.6) is 0 Å². The molecule has 1 saturated heterocycles. The highest BCUT2D eigenvalue weighted by molar-refractivity contribution is 7.98. The lowest BCUT2D eigenvalue weighted by Gasteiger charge is -2.32. The van der Waals surface area contributed by atoms with Crippen molar-refractivity contribution >= 4 is 50.3 Å². The molecule has 1 amide bonds. The highest BCUT2D eigenvalue weighted by Crippen LogP contribution is 2.26. The van der Waals surface area contributed by atoms with Gasteiger partial charge in [-0.1, -0.05) is 0 Å². The topological polar surface area (TPSA) is 119 Å². The van der Waals surface area contributed by atoms with Gasteiger partial charge in [-0.2, -0.15) is 11.8 Å². The van der Waals surface area contributed by atoms with Crippen molar-refractivity contribution in [2.45, 2.75) is 37.1 Å². The van der Waals surface area contributed by atoms with Crippen molar-refractivity contribution in [3.63, 3.8) is 0 Å². The number of ether oxygens (including phenoxy) is 1. The van der Waals surface area contributed by atoms with Gasteiger partial charge in [-0.15, -0.1) is 0 Å². The van der Waals surface area contributed by atoms with E-state index in [1.165, 1.54) is 13.4 Å². The molecular weight excluding hydrogens is 464 g/mol. The summed E-state index contributed by atoms with van der Waals surface area (Å²) in [5.74, 6) is 0.499. The van der Waals surface area contributed by atoms with Crippen LogP contribution in [-0.2, 0) is 24.2 Å². The molecule has 2 heterocycles. The van der Waals surface area contributed by atoms with Crippen molar-refractivity contribution in [1.29, 1.82) is 0 Å². The predicted octanol–water partition coefficient (Wildman–Crippen LogP) is 1.97. The Bertz CT molecular complexity index is 1130. The summed E-state index contributed by atoms with van der Waals surface area (Å²) >= 11 is 1.61. The van der Waals surface area contributed by atoms with Crippen LogP contribution in [0.15, 0.2) is 23.1 Å². The van der Waals surface area contributed by atoms with Gasteiger partial charge in [0.15, 0.2) is 9.84 Å². The monoisotopic (exact) mass is 494 g/mol. The first-order chi connectivity index (χ1) is 15.6. The predicted molar refractivity (Wildman–Crippen MR) is 129 cm³/mol. The number of carbonyl (C=O) groups excluding carboxylic acids is 2. The number of sulfone groups is 1. The van der Waals surface area contributed by atoms with Crippen LogP contribution < -0.4 is 10.2 Å². The summed E-state index contributed by atoms with van der Waals surface area (Å²) in [6.07, 6.45) is 4.85. The fraction of sp³-hybridized carbons (Fsp3) is 0.545. The van der Waals surface area contributed by atoms with E-state index in [1.54, 1.807) is 30.0 Å². The average molecular weight is 495 g/mol. The Morgan fingerprint density at radius 3 is 2.58 bits per heavy atom. The molecule has 0 spiro atoms. The molecule has 1 aliphatic heterocycles. The lowest BCUT2D eigenvalue weighted by molar-refractivity contribution is -0.145. The standard InChI is InChI=1S/C22H30N4O5S2/c1-14-17-6-5-16(33(4,29)30)13-19(17)25-22(23-14)26-10-7-15(8-11-26)20(27)24-18(9-12-32-3)21(28)31-2/h5-6,13,15,18H,7-12H2,1-4H3,(H,24,27). The summed E-state index contributed by atoms with van der Waals surface area (Å²) in [4.78, 5) is 36.2. The van der Waals surface area contributed by atoms with Gasteiger partial charge in [0.25, 0.3) is 0 Å².